The van der Waals surface area contributed by atoms with E-state index in [0.29, 0.717) is 0 Å². The molecule has 2 heterocycles. The first-order valence-electron chi connectivity index (χ1n) is 5.19. The van der Waals surface area contributed by atoms with Crippen molar-refractivity contribution in [3.8, 4) is 0 Å². The average Bonchev–Trinajstić information content (AvgIpc) is 2.66. The van der Waals surface area contributed by atoms with Crippen molar-refractivity contribution in [2.24, 2.45) is 5.90 Å². The van der Waals surface area contributed by atoms with E-state index >= 15 is 0 Å². The molecule has 4 N–H and O–H groups in total. The second kappa shape index (κ2) is 5.33. The normalized spacial score (nSPS) is 27.6. The molecule has 0 amide bonds. The fourth-order valence-electron chi connectivity index (χ4n) is 1.81. The van der Waals surface area contributed by atoms with Crippen LogP contribution < -0.4 is 17.1 Å². The number of aliphatic hydroxyl groups excluding tert-OH is 1. The number of ether oxygens (including phenoxy) is 1. The van der Waals surface area contributed by atoms with Crippen LogP contribution in [-0.2, 0) is 9.57 Å². The van der Waals surface area contributed by atoms with E-state index in [2.05, 4.69) is 25.8 Å². The summed E-state index contributed by atoms with van der Waals surface area (Å²) in [6.07, 6.45) is -0.508. The van der Waals surface area contributed by atoms with Gasteiger partial charge in [-0.25, -0.2) is 10.7 Å². The molecule has 9 heteroatoms. The lowest BCUT2D eigenvalue weighted by Crippen LogP contribution is -2.33. The molecule has 3 atom stereocenters. The molecule has 0 spiro atoms. The predicted octanol–water partition coefficient (Wildman–Crippen LogP) is -1.16. The van der Waals surface area contributed by atoms with Gasteiger partial charge in [0.1, 0.15) is 12.3 Å². The van der Waals surface area contributed by atoms with Crippen LogP contribution in [0.4, 0.5) is 0 Å². The summed E-state index contributed by atoms with van der Waals surface area (Å²) < 4.78 is 6.85. The lowest BCUT2D eigenvalue weighted by molar-refractivity contribution is -0.0642. The molecule has 1 fully saturated rings. The van der Waals surface area contributed by atoms with Gasteiger partial charge in [0, 0.05) is 12.6 Å². The Hall–Kier alpha value is -1.00. The number of aliphatic hydroxyl groups is 1. The number of hydrogen-bond acceptors (Lipinski definition) is 6. The van der Waals surface area contributed by atoms with Crippen molar-refractivity contribution < 1.29 is 14.7 Å². The van der Waals surface area contributed by atoms with Crippen LogP contribution in [0.15, 0.2) is 20.3 Å². The molecule has 1 saturated heterocycles. The molecule has 1 aromatic rings. The van der Waals surface area contributed by atoms with Crippen molar-refractivity contribution >= 4 is 15.9 Å². The molecular formula is C9H12BrN3O5. The number of nitrogens with one attached hydrogen (secondary N) is 1. The van der Waals surface area contributed by atoms with Crippen molar-refractivity contribution in [2.45, 2.75) is 24.9 Å². The predicted molar refractivity (Wildman–Crippen MR) is 63.7 cm³/mol. The van der Waals surface area contributed by atoms with Crippen molar-refractivity contribution in [3.05, 3.63) is 31.5 Å². The van der Waals surface area contributed by atoms with Gasteiger partial charge in [0.05, 0.1) is 17.2 Å². The van der Waals surface area contributed by atoms with Crippen molar-refractivity contribution in [3.63, 3.8) is 0 Å². The van der Waals surface area contributed by atoms with E-state index in [1.165, 1.54) is 10.8 Å². The van der Waals surface area contributed by atoms with Crippen LogP contribution in [0.5, 0.6) is 0 Å². The Labute approximate surface area is 109 Å². The number of rotatable bonds is 3. The number of H-pyrrole nitrogens is 1. The molecule has 0 aromatic carbocycles. The van der Waals surface area contributed by atoms with Crippen LogP contribution in [0.2, 0.25) is 0 Å². The van der Waals surface area contributed by atoms with Gasteiger partial charge in [0.2, 0.25) is 0 Å². The summed E-state index contributed by atoms with van der Waals surface area (Å²) in [4.78, 5) is 29.4. The molecule has 100 valence electrons. The minimum atomic E-state index is -0.781. The Kier molecular flexibility index (Phi) is 3.97. The Morgan fingerprint density at radius 1 is 1.67 bits per heavy atom. The highest BCUT2D eigenvalue weighted by Crippen LogP contribution is 2.27. The van der Waals surface area contributed by atoms with Crippen molar-refractivity contribution in [1.82, 2.24) is 9.55 Å². The lowest BCUT2D eigenvalue weighted by atomic mass is 10.2. The minimum Gasteiger partial charge on any atom is -0.390 e. The molecule has 1 aliphatic rings. The number of aromatic nitrogens is 2. The molecule has 0 aliphatic carbocycles. The lowest BCUT2D eigenvalue weighted by Gasteiger charge is -2.15. The zero-order chi connectivity index (χ0) is 13.3. The topological polar surface area (TPSA) is 120 Å². The van der Waals surface area contributed by atoms with Crippen molar-refractivity contribution in [2.75, 3.05) is 6.61 Å². The highest BCUT2D eigenvalue weighted by Gasteiger charge is 2.35. The summed E-state index contributed by atoms with van der Waals surface area (Å²) in [5, 5.41) is 9.71. The third-order valence-corrected chi connectivity index (χ3v) is 3.26. The summed E-state index contributed by atoms with van der Waals surface area (Å²) >= 11 is 3.02. The standard InChI is InChI=1S/C9H12BrN3O5/c10-4-2-13(9(16)12-8(4)15)7-1-5(14)6(18-7)3-17-11/h2,5-7,14H,1,3,11H2,(H,12,15,16)/t5?,6-,7-/m0/s1. The van der Waals surface area contributed by atoms with Gasteiger partial charge in [-0.3, -0.25) is 14.3 Å². The van der Waals surface area contributed by atoms with Gasteiger partial charge in [-0.1, -0.05) is 0 Å². The van der Waals surface area contributed by atoms with Crippen LogP contribution >= 0.6 is 15.9 Å². The molecule has 2 rings (SSSR count). The van der Waals surface area contributed by atoms with Gasteiger partial charge in [0.15, 0.2) is 0 Å². The van der Waals surface area contributed by atoms with E-state index in [1.54, 1.807) is 0 Å². The molecule has 1 aromatic heterocycles. The van der Waals surface area contributed by atoms with Crippen LogP contribution in [0.1, 0.15) is 12.6 Å². The fraction of sp³-hybridized carbons (Fsp3) is 0.556. The van der Waals surface area contributed by atoms with Crippen LogP contribution in [0.25, 0.3) is 0 Å². The maximum Gasteiger partial charge on any atom is 0.330 e. The fourth-order valence-corrected chi connectivity index (χ4v) is 2.13. The first-order chi connectivity index (χ1) is 8.52. The van der Waals surface area contributed by atoms with Gasteiger partial charge < -0.3 is 14.7 Å². The third kappa shape index (κ3) is 2.54. The largest absolute Gasteiger partial charge is 0.390 e. The second-order valence-electron chi connectivity index (χ2n) is 3.91. The van der Waals surface area contributed by atoms with E-state index < -0.39 is 29.7 Å². The Morgan fingerprint density at radius 3 is 3.06 bits per heavy atom. The molecule has 18 heavy (non-hydrogen) atoms. The van der Waals surface area contributed by atoms with E-state index in [-0.39, 0.29) is 17.5 Å². The zero-order valence-corrected chi connectivity index (χ0v) is 10.8. The average molecular weight is 322 g/mol. The molecule has 0 bridgehead atoms. The van der Waals surface area contributed by atoms with Gasteiger partial charge in [-0.15, -0.1) is 0 Å². The molecular weight excluding hydrogens is 310 g/mol. The first kappa shape index (κ1) is 13.4. The van der Waals surface area contributed by atoms with Gasteiger partial charge in [-0.05, 0) is 15.9 Å². The highest BCUT2D eigenvalue weighted by atomic mass is 79.9. The SMILES string of the molecule is NOC[C@@H]1O[C@H](n2cc(Br)c(=O)[nH]c2=O)CC1O. The van der Waals surface area contributed by atoms with E-state index in [0.717, 1.165) is 0 Å². The molecule has 8 nitrogen and oxygen atoms in total. The number of hydrogen-bond donors (Lipinski definition) is 3. The summed E-state index contributed by atoms with van der Waals surface area (Å²) in [7, 11) is 0. The smallest absolute Gasteiger partial charge is 0.330 e. The number of aromatic amines is 1. The van der Waals surface area contributed by atoms with E-state index in [9.17, 15) is 14.7 Å². The molecule has 0 radical (unpaired) electrons. The van der Waals surface area contributed by atoms with Gasteiger partial charge >= 0.3 is 5.69 Å². The van der Waals surface area contributed by atoms with Gasteiger partial charge in [0.25, 0.3) is 5.56 Å². The number of halogens is 1. The monoisotopic (exact) mass is 321 g/mol. The second-order valence-corrected chi connectivity index (χ2v) is 4.76. The quantitative estimate of drug-likeness (QED) is 0.604. The summed E-state index contributed by atoms with van der Waals surface area (Å²) in [6, 6.07) is 0. The van der Waals surface area contributed by atoms with Gasteiger partial charge in [-0.2, -0.15) is 0 Å². The van der Waals surface area contributed by atoms with Crippen LogP contribution in [0, 0.1) is 0 Å². The molecule has 0 saturated carbocycles. The number of nitrogens with two attached hydrogens (primary N) is 1. The van der Waals surface area contributed by atoms with Crippen LogP contribution in [-0.4, -0.2) is 33.5 Å². The Morgan fingerprint density at radius 2 is 2.39 bits per heavy atom. The third-order valence-electron chi connectivity index (χ3n) is 2.70. The number of nitrogens with zero attached hydrogens (tertiary/aromatic N) is 1. The van der Waals surface area contributed by atoms with Crippen molar-refractivity contribution in [1.29, 1.82) is 0 Å². The maximum absolute atomic E-state index is 11.6. The molecule has 1 aliphatic heterocycles. The summed E-state index contributed by atoms with van der Waals surface area (Å²) in [6.45, 7) is 0.0247. The zero-order valence-electron chi connectivity index (χ0n) is 9.21. The maximum atomic E-state index is 11.6. The van der Waals surface area contributed by atoms with Crippen LogP contribution in [0.3, 0.4) is 0 Å². The molecule has 1 unspecified atom stereocenters. The minimum absolute atomic E-state index is 0.0247. The Bertz CT molecular complexity index is 542. The Balaban J connectivity index is 2.26. The summed E-state index contributed by atoms with van der Waals surface area (Å²) in [5.41, 5.74) is -1.12. The van der Waals surface area contributed by atoms with E-state index in [1.807, 2.05) is 0 Å². The summed E-state index contributed by atoms with van der Waals surface area (Å²) in [5.74, 6) is 4.91. The first-order valence-corrected chi connectivity index (χ1v) is 5.98. The van der Waals surface area contributed by atoms with E-state index in [4.69, 9.17) is 10.6 Å². The highest BCUT2D eigenvalue weighted by molar-refractivity contribution is 9.10.